The van der Waals surface area contributed by atoms with Gasteiger partial charge in [0, 0.05) is 38.1 Å². The molecule has 4 aliphatic rings. The van der Waals surface area contributed by atoms with Gasteiger partial charge in [0.2, 0.25) is 0 Å². The van der Waals surface area contributed by atoms with Crippen molar-refractivity contribution >= 4 is 21.8 Å². The lowest BCUT2D eigenvalue weighted by molar-refractivity contribution is 0.659. The summed E-state index contributed by atoms with van der Waals surface area (Å²) in [5.74, 6) is 0. The van der Waals surface area contributed by atoms with Crippen molar-refractivity contribution in [2.24, 2.45) is 0 Å². The lowest BCUT2D eigenvalue weighted by Crippen LogP contribution is -2.17. The summed E-state index contributed by atoms with van der Waals surface area (Å²) >= 11 is 0. The molecular weight excluding hydrogens is 807 g/mol. The normalized spacial score (nSPS) is 16.5. The molecule has 14 rings (SSSR count). The van der Waals surface area contributed by atoms with Gasteiger partial charge in [0.25, 0.3) is 0 Å². The number of benzene rings is 9. The fraction of sp³-hybridized carbons (Fsp3) is 0.182. The van der Waals surface area contributed by atoms with Gasteiger partial charge in [0.1, 0.15) is 0 Å². The second kappa shape index (κ2) is 12.8. The molecule has 0 fully saturated rings. The maximum atomic E-state index is 2.61. The van der Waals surface area contributed by atoms with Crippen LogP contribution in [0.2, 0.25) is 0 Å². The van der Waals surface area contributed by atoms with Gasteiger partial charge in [-0.05, 0) is 154 Å². The number of aromatic nitrogens is 1. The molecule has 0 spiro atoms. The molecule has 67 heavy (non-hydrogen) atoms. The smallest absolute Gasteiger partial charge is 0.0588 e. The van der Waals surface area contributed by atoms with E-state index in [0.717, 1.165) is 0 Å². The minimum atomic E-state index is -0.270. The first-order valence-corrected chi connectivity index (χ1v) is 24.3. The molecule has 0 radical (unpaired) electrons. The third kappa shape index (κ3) is 4.94. The Bertz CT molecular complexity index is 3860. The zero-order valence-corrected chi connectivity index (χ0v) is 39.7. The van der Waals surface area contributed by atoms with Crippen molar-refractivity contribution in [3.63, 3.8) is 0 Å². The van der Waals surface area contributed by atoms with Crippen LogP contribution in [0.25, 0.3) is 94.3 Å². The molecule has 0 N–H and O–H groups in total. The number of hydrogen-bond acceptors (Lipinski definition) is 0. The molecule has 0 saturated carbocycles. The molecule has 1 aromatic heterocycles. The van der Waals surface area contributed by atoms with Gasteiger partial charge in [0.15, 0.2) is 0 Å². The average molecular weight is 860 g/mol. The van der Waals surface area contributed by atoms with Gasteiger partial charge in [-0.25, -0.2) is 0 Å². The minimum absolute atomic E-state index is 0.0500. The summed E-state index contributed by atoms with van der Waals surface area (Å²) in [4.78, 5) is 0. The number of rotatable bonds is 3. The van der Waals surface area contributed by atoms with Gasteiger partial charge in [-0.2, -0.15) is 0 Å². The summed E-state index contributed by atoms with van der Waals surface area (Å²) in [5.41, 5.74) is 30.4. The molecule has 0 amide bonds. The molecular formula is C66H53N. The van der Waals surface area contributed by atoms with E-state index in [9.17, 15) is 0 Å². The van der Waals surface area contributed by atoms with Crippen LogP contribution in [0.15, 0.2) is 176 Å². The monoisotopic (exact) mass is 859 g/mol. The van der Waals surface area contributed by atoms with Gasteiger partial charge in [0.05, 0.1) is 11.0 Å². The van der Waals surface area contributed by atoms with Crippen molar-refractivity contribution in [2.75, 3.05) is 0 Å². The van der Waals surface area contributed by atoms with Crippen LogP contribution in [0.4, 0.5) is 0 Å². The summed E-state index contributed by atoms with van der Waals surface area (Å²) in [6.45, 7) is 19.2. The fourth-order valence-electron chi connectivity index (χ4n) is 13.6. The van der Waals surface area contributed by atoms with Crippen LogP contribution in [0.3, 0.4) is 0 Å². The van der Waals surface area contributed by atoms with Crippen LogP contribution in [0.1, 0.15) is 99.9 Å². The van der Waals surface area contributed by atoms with Crippen molar-refractivity contribution in [3.05, 3.63) is 220 Å². The molecule has 1 nitrogen and oxygen atoms in total. The summed E-state index contributed by atoms with van der Waals surface area (Å²) in [6.07, 6.45) is 0. The standard InChI is InChI=1S/C66H53N/c1-63(2)53-18-12-9-15-43(53)46-26-21-39(34-56(46)63)38-24-32-60-52(33-38)51-31-30-50-49-28-23-41(40-22-27-47-44-16-10-13-19-54(44)64(3,4)57(47)35-40)36-58(49)66(7,8)61(50)62(51)67(60)42-25-29-48-45-17-11-14-20-55(45)65(5,6)59(48)37-42/h9-37H,1-8H3. The van der Waals surface area contributed by atoms with Gasteiger partial charge in [-0.15, -0.1) is 0 Å². The van der Waals surface area contributed by atoms with Crippen LogP contribution in [0, 0.1) is 0 Å². The van der Waals surface area contributed by atoms with E-state index in [1.54, 1.807) is 0 Å². The van der Waals surface area contributed by atoms with Gasteiger partial charge >= 0.3 is 0 Å². The SMILES string of the molecule is CC1(C)c2ccccc2-c2ccc(-c3ccc4c(c3)C(C)(C)c3c-4ccc4c5cc(-c6ccc7c(c6)C(C)(C)c6ccccc6-7)ccc5n(-c5ccc6c(c5)C(C)(C)c5ccccc5-6)c34)cc21. The molecule has 0 aliphatic heterocycles. The van der Waals surface area contributed by atoms with Crippen molar-refractivity contribution in [3.8, 4) is 72.4 Å². The van der Waals surface area contributed by atoms with E-state index < -0.39 is 0 Å². The quantitative estimate of drug-likeness (QED) is 0.167. The van der Waals surface area contributed by atoms with Crippen LogP contribution in [-0.2, 0) is 21.7 Å². The highest BCUT2D eigenvalue weighted by atomic mass is 15.0. The molecule has 9 aromatic carbocycles. The lowest BCUT2D eigenvalue weighted by Gasteiger charge is -2.25. The molecule has 0 atom stereocenters. The molecule has 1 heterocycles. The van der Waals surface area contributed by atoms with Gasteiger partial charge < -0.3 is 4.57 Å². The van der Waals surface area contributed by atoms with Gasteiger partial charge in [-0.3, -0.25) is 0 Å². The maximum absolute atomic E-state index is 2.61. The van der Waals surface area contributed by atoms with Crippen molar-refractivity contribution < 1.29 is 0 Å². The zero-order valence-electron chi connectivity index (χ0n) is 39.7. The molecule has 322 valence electrons. The van der Waals surface area contributed by atoms with Crippen molar-refractivity contribution in [1.29, 1.82) is 0 Å². The molecule has 0 unspecified atom stereocenters. The minimum Gasteiger partial charge on any atom is -0.309 e. The number of hydrogen-bond donors (Lipinski definition) is 0. The highest BCUT2D eigenvalue weighted by Gasteiger charge is 2.41. The Morgan fingerprint density at radius 3 is 1.16 bits per heavy atom. The van der Waals surface area contributed by atoms with Crippen LogP contribution in [-0.4, -0.2) is 4.57 Å². The molecule has 4 aliphatic carbocycles. The Morgan fingerprint density at radius 2 is 0.657 bits per heavy atom. The Hall–Kier alpha value is -7.22. The predicted molar refractivity (Wildman–Crippen MR) is 282 cm³/mol. The summed E-state index contributed by atoms with van der Waals surface area (Å²) in [6, 6.07) is 67.9. The molecule has 1 heteroatoms. The summed E-state index contributed by atoms with van der Waals surface area (Å²) in [5, 5.41) is 2.59. The Labute approximate surface area is 394 Å². The maximum Gasteiger partial charge on any atom is 0.0588 e. The Balaban J connectivity index is 0.964. The van der Waals surface area contributed by atoms with Crippen molar-refractivity contribution in [1.82, 2.24) is 4.57 Å². The van der Waals surface area contributed by atoms with E-state index in [2.05, 4.69) is 236 Å². The third-order valence-electron chi connectivity index (χ3n) is 17.2. The first kappa shape index (κ1) is 39.0. The molecule has 10 aromatic rings. The van der Waals surface area contributed by atoms with Crippen LogP contribution < -0.4 is 0 Å². The second-order valence-corrected chi connectivity index (χ2v) is 22.1. The summed E-state index contributed by atoms with van der Waals surface area (Å²) in [7, 11) is 0. The van der Waals surface area contributed by atoms with E-state index in [-0.39, 0.29) is 21.7 Å². The topological polar surface area (TPSA) is 4.93 Å². The molecule has 0 saturated heterocycles. The number of nitrogens with zero attached hydrogens (tertiary/aromatic N) is 1. The fourth-order valence-corrected chi connectivity index (χ4v) is 13.6. The van der Waals surface area contributed by atoms with E-state index in [0.29, 0.717) is 0 Å². The first-order valence-electron chi connectivity index (χ1n) is 24.3. The highest BCUT2D eigenvalue weighted by molar-refractivity contribution is 6.14. The second-order valence-electron chi connectivity index (χ2n) is 22.1. The van der Waals surface area contributed by atoms with E-state index in [1.807, 2.05) is 0 Å². The molecule has 0 bridgehead atoms. The highest BCUT2D eigenvalue weighted by Crippen LogP contribution is 2.57. The first-order chi connectivity index (χ1) is 32.2. The Kier molecular flexibility index (Phi) is 7.45. The van der Waals surface area contributed by atoms with E-state index in [1.165, 1.54) is 139 Å². The average Bonchev–Trinajstić information content (AvgIpc) is 4.02. The Morgan fingerprint density at radius 1 is 0.284 bits per heavy atom. The zero-order chi connectivity index (χ0) is 45.5. The van der Waals surface area contributed by atoms with E-state index in [4.69, 9.17) is 0 Å². The predicted octanol–water partition coefficient (Wildman–Crippen LogP) is 17.3. The lowest BCUT2D eigenvalue weighted by atomic mass is 9.79. The van der Waals surface area contributed by atoms with E-state index >= 15 is 0 Å². The van der Waals surface area contributed by atoms with Crippen molar-refractivity contribution in [2.45, 2.75) is 77.0 Å². The van der Waals surface area contributed by atoms with Gasteiger partial charge in [-0.1, -0.05) is 189 Å². The number of fused-ring (bicyclic) bond motifs is 16. The summed E-state index contributed by atoms with van der Waals surface area (Å²) < 4.78 is 2.61. The van der Waals surface area contributed by atoms with Crippen LogP contribution in [0.5, 0.6) is 0 Å². The van der Waals surface area contributed by atoms with Crippen LogP contribution >= 0.6 is 0 Å². The largest absolute Gasteiger partial charge is 0.309 e. The third-order valence-corrected chi connectivity index (χ3v) is 17.2.